The van der Waals surface area contributed by atoms with Gasteiger partial charge in [-0.15, -0.1) is 0 Å². The second-order valence-corrected chi connectivity index (χ2v) is 5.42. The first kappa shape index (κ1) is 12.5. The molecule has 4 heteroatoms. The van der Waals surface area contributed by atoms with Crippen molar-refractivity contribution in [1.29, 1.82) is 0 Å². The molecule has 1 unspecified atom stereocenters. The van der Waals surface area contributed by atoms with Gasteiger partial charge in [-0.05, 0) is 42.9 Å². The molecule has 102 valence electrons. The van der Waals surface area contributed by atoms with Crippen LogP contribution in [0.4, 0.5) is 5.69 Å². The Balaban J connectivity index is 1.94. The molecule has 1 heterocycles. The lowest BCUT2D eigenvalue weighted by atomic mass is 10.0. The van der Waals surface area contributed by atoms with Crippen molar-refractivity contribution in [1.82, 2.24) is 0 Å². The molecule has 0 saturated heterocycles. The molecule has 1 fully saturated rings. The van der Waals surface area contributed by atoms with E-state index in [1.54, 1.807) is 0 Å². The normalized spacial score (nSPS) is 19.9. The number of carbonyl (C=O) groups is 1. The molecule has 2 aliphatic rings. The fourth-order valence-electron chi connectivity index (χ4n) is 2.62. The largest absolute Gasteiger partial charge is 0.482 e. The summed E-state index contributed by atoms with van der Waals surface area (Å²) >= 11 is 0. The molecule has 0 radical (unpaired) electrons. The Morgan fingerprint density at radius 2 is 2.26 bits per heavy atom. The van der Waals surface area contributed by atoms with Gasteiger partial charge in [0.15, 0.2) is 6.61 Å². The van der Waals surface area contributed by atoms with E-state index < -0.39 is 0 Å². The molecule has 2 N–H and O–H groups in total. The molecule has 0 aromatic heterocycles. The van der Waals surface area contributed by atoms with Crippen LogP contribution in [-0.2, 0) is 4.79 Å². The van der Waals surface area contributed by atoms with Gasteiger partial charge < -0.3 is 15.4 Å². The van der Waals surface area contributed by atoms with Crippen LogP contribution >= 0.6 is 0 Å². The van der Waals surface area contributed by atoms with Crippen LogP contribution in [0.25, 0.3) is 0 Å². The van der Waals surface area contributed by atoms with E-state index in [4.69, 9.17) is 10.5 Å². The fourth-order valence-corrected chi connectivity index (χ4v) is 2.62. The zero-order valence-electron chi connectivity index (χ0n) is 11.3. The average Bonchev–Trinajstić information content (AvgIpc) is 3.25. The fraction of sp³-hybridized carbons (Fsp3) is 0.533. The van der Waals surface area contributed by atoms with E-state index in [0.29, 0.717) is 5.92 Å². The van der Waals surface area contributed by atoms with Gasteiger partial charge in [-0.1, -0.05) is 13.0 Å². The van der Waals surface area contributed by atoms with E-state index in [0.717, 1.165) is 30.0 Å². The summed E-state index contributed by atoms with van der Waals surface area (Å²) in [6.07, 6.45) is 3.36. The molecule has 1 aliphatic carbocycles. The lowest BCUT2D eigenvalue weighted by Gasteiger charge is -2.30. The van der Waals surface area contributed by atoms with Gasteiger partial charge in [0.1, 0.15) is 5.75 Å². The molecule has 1 amide bonds. The second kappa shape index (κ2) is 4.85. The third kappa shape index (κ3) is 2.32. The van der Waals surface area contributed by atoms with Gasteiger partial charge in [0, 0.05) is 12.6 Å². The van der Waals surface area contributed by atoms with Crippen LogP contribution in [0.5, 0.6) is 5.75 Å². The molecule has 1 atom stereocenters. The van der Waals surface area contributed by atoms with Crippen LogP contribution in [-0.4, -0.2) is 19.1 Å². The molecule has 0 spiro atoms. The van der Waals surface area contributed by atoms with Crippen LogP contribution in [0, 0.1) is 5.92 Å². The molecule has 1 aliphatic heterocycles. The third-order valence-corrected chi connectivity index (χ3v) is 3.89. The quantitative estimate of drug-likeness (QED) is 0.903. The smallest absolute Gasteiger partial charge is 0.265 e. The second-order valence-electron chi connectivity index (χ2n) is 5.42. The lowest BCUT2D eigenvalue weighted by molar-refractivity contribution is -0.121. The Morgan fingerprint density at radius 3 is 2.95 bits per heavy atom. The summed E-state index contributed by atoms with van der Waals surface area (Å²) < 4.78 is 5.49. The van der Waals surface area contributed by atoms with Gasteiger partial charge in [0.05, 0.1) is 5.69 Å². The topological polar surface area (TPSA) is 55.6 Å². The number of amides is 1. The van der Waals surface area contributed by atoms with Gasteiger partial charge in [-0.3, -0.25) is 4.79 Å². The van der Waals surface area contributed by atoms with Crippen LogP contribution in [0.2, 0.25) is 0 Å². The highest BCUT2D eigenvalue weighted by Gasteiger charge is 2.31. The zero-order valence-corrected chi connectivity index (χ0v) is 11.3. The maximum Gasteiger partial charge on any atom is 0.265 e. The predicted molar refractivity (Wildman–Crippen MR) is 74.2 cm³/mol. The first-order valence-electron chi connectivity index (χ1n) is 7.03. The third-order valence-electron chi connectivity index (χ3n) is 3.89. The van der Waals surface area contributed by atoms with Gasteiger partial charge >= 0.3 is 0 Å². The molecule has 1 saturated carbocycles. The van der Waals surface area contributed by atoms with Crippen molar-refractivity contribution in [2.45, 2.75) is 32.2 Å². The molecule has 3 rings (SSSR count). The maximum atomic E-state index is 11.9. The van der Waals surface area contributed by atoms with Crippen LogP contribution in [0.3, 0.4) is 0 Å². The summed E-state index contributed by atoms with van der Waals surface area (Å²) in [6, 6.07) is 6.10. The van der Waals surface area contributed by atoms with Crippen molar-refractivity contribution in [3.05, 3.63) is 23.8 Å². The summed E-state index contributed by atoms with van der Waals surface area (Å²) in [5, 5.41) is 0. The zero-order chi connectivity index (χ0) is 13.4. The maximum absolute atomic E-state index is 11.9. The van der Waals surface area contributed by atoms with E-state index in [-0.39, 0.29) is 18.6 Å². The van der Waals surface area contributed by atoms with Crippen molar-refractivity contribution < 1.29 is 9.53 Å². The van der Waals surface area contributed by atoms with E-state index in [9.17, 15) is 4.79 Å². The number of carbonyl (C=O) groups excluding carboxylic acids is 1. The summed E-state index contributed by atoms with van der Waals surface area (Å²) in [6.45, 7) is 2.94. The van der Waals surface area contributed by atoms with Crippen molar-refractivity contribution in [3.63, 3.8) is 0 Å². The van der Waals surface area contributed by atoms with Crippen LogP contribution in [0.1, 0.15) is 37.8 Å². The van der Waals surface area contributed by atoms with Crippen molar-refractivity contribution in [2.75, 3.05) is 18.1 Å². The average molecular weight is 260 g/mol. The number of benzene rings is 1. The molecule has 4 nitrogen and oxygen atoms in total. The molecule has 1 aromatic rings. The Kier molecular flexibility index (Phi) is 3.19. The molecular weight excluding hydrogens is 240 g/mol. The SMILES string of the molecule is CCCN1C(=O)COc2ccc(C(N)C3CC3)cc21. The number of hydrogen-bond donors (Lipinski definition) is 1. The van der Waals surface area contributed by atoms with Crippen LogP contribution < -0.4 is 15.4 Å². The molecule has 19 heavy (non-hydrogen) atoms. The number of fused-ring (bicyclic) bond motifs is 1. The van der Waals surface area contributed by atoms with Crippen LogP contribution in [0.15, 0.2) is 18.2 Å². The minimum Gasteiger partial charge on any atom is -0.482 e. The van der Waals surface area contributed by atoms with Gasteiger partial charge in [0.25, 0.3) is 5.91 Å². The van der Waals surface area contributed by atoms with E-state index in [1.165, 1.54) is 12.8 Å². The minimum atomic E-state index is 0.0338. The number of nitrogens with two attached hydrogens (primary N) is 1. The molecular formula is C15H20N2O2. The van der Waals surface area contributed by atoms with Crippen molar-refractivity contribution in [3.8, 4) is 5.75 Å². The van der Waals surface area contributed by atoms with Gasteiger partial charge in [-0.2, -0.15) is 0 Å². The predicted octanol–water partition coefficient (Wildman–Crippen LogP) is 2.23. The van der Waals surface area contributed by atoms with E-state index in [2.05, 4.69) is 6.92 Å². The number of rotatable bonds is 4. The monoisotopic (exact) mass is 260 g/mol. The summed E-state index contributed by atoms with van der Waals surface area (Å²) in [5.41, 5.74) is 8.24. The Hall–Kier alpha value is -1.55. The van der Waals surface area contributed by atoms with Crippen molar-refractivity contribution >= 4 is 11.6 Å². The van der Waals surface area contributed by atoms with E-state index in [1.807, 2.05) is 23.1 Å². The lowest BCUT2D eigenvalue weighted by Crippen LogP contribution is -2.39. The Labute approximate surface area is 113 Å². The summed E-state index contributed by atoms with van der Waals surface area (Å²) in [5.74, 6) is 1.43. The standard InChI is InChI=1S/C15H20N2O2/c1-2-7-17-12-8-11(15(16)10-3-4-10)5-6-13(12)19-9-14(17)18/h5-6,8,10,15H,2-4,7,9,16H2,1H3. The number of hydrogen-bond acceptors (Lipinski definition) is 3. The number of anilines is 1. The molecule has 0 bridgehead atoms. The van der Waals surface area contributed by atoms with Gasteiger partial charge in [0.2, 0.25) is 0 Å². The highest BCUT2D eigenvalue weighted by molar-refractivity contribution is 5.97. The molecule has 1 aromatic carbocycles. The highest BCUT2D eigenvalue weighted by atomic mass is 16.5. The van der Waals surface area contributed by atoms with Gasteiger partial charge in [-0.25, -0.2) is 0 Å². The van der Waals surface area contributed by atoms with E-state index >= 15 is 0 Å². The minimum absolute atomic E-state index is 0.0338. The summed E-state index contributed by atoms with van der Waals surface area (Å²) in [4.78, 5) is 13.8. The first-order chi connectivity index (χ1) is 9.20. The highest BCUT2D eigenvalue weighted by Crippen LogP contribution is 2.42. The number of ether oxygens (including phenoxy) is 1. The Morgan fingerprint density at radius 1 is 1.47 bits per heavy atom. The summed E-state index contributed by atoms with van der Waals surface area (Å²) in [7, 11) is 0. The Bertz CT molecular complexity index is 497. The number of nitrogens with zero attached hydrogens (tertiary/aromatic N) is 1. The first-order valence-corrected chi connectivity index (χ1v) is 7.03. The van der Waals surface area contributed by atoms with Crippen molar-refractivity contribution in [2.24, 2.45) is 11.7 Å².